The minimum atomic E-state index is 0.506. The molecule has 0 heterocycles. The summed E-state index contributed by atoms with van der Waals surface area (Å²) in [5.41, 5.74) is 4.69. The van der Waals surface area contributed by atoms with Gasteiger partial charge in [0.15, 0.2) is 0 Å². The van der Waals surface area contributed by atoms with Crippen LogP contribution in [-0.2, 0) is 0 Å². The van der Waals surface area contributed by atoms with Crippen LogP contribution in [0.15, 0.2) is 35.1 Å². The Bertz CT molecular complexity index is 512. The number of aryl methyl sites for hydroxylation is 3. The lowest BCUT2D eigenvalue weighted by Crippen LogP contribution is -2.22. The molecule has 4 heteroatoms. The quantitative estimate of drug-likeness (QED) is 0.571. The predicted molar refractivity (Wildman–Crippen MR) is 90.6 cm³/mol. The molecule has 0 aromatic heterocycles. The van der Waals surface area contributed by atoms with Crippen molar-refractivity contribution >= 4 is 28.9 Å². The van der Waals surface area contributed by atoms with Crippen molar-refractivity contribution in [2.24, 2.45) is 0 Å². The molecule has 0 amide bonds. The Kier molecular flexibility index (Phi) is 5.97. The molecule has 110 valence electrons. The van der Waals surface area contributed by atoms with Gasteiger partial charge in [0.05, 0.1) is 0 Å². The van der Waals surface area contributed by atoms with Gasteiger partial charge in [-0.1, -0.05) is 47.0 Å². The van der Waals surface area contributed by atoms with Crippen molar-refractivity contribution in [3.05, 3.63) is 51.8 Å². The topological polar surface area (TPSA) is 6.48 Å². The van der Waals surface area contributed by atoms with E-state index < -0.39 is 0 Å². The molecule has 20 heavy (non-hydrogen) atoms. The van der Waals surface area contributed by atoms with Crippen molar-refractivity contribution < 1.29 is 0 Å². The Labute approximate surface area is 132 Å². The highest BCUT2D eigenvalue weighted by molar-refractivity contribution is 6.39. The summed E-state index contributed by atoms with van der Waals surface area (Å²) < 4.78 is 0. The van der Waals surface area contributed by atoms with Gasteiger partial charge in [-0.2, -0.15) is 0 Å². The van der Waals surface area contributed by atoms with Crippen LogP contribution >= 0.6 is 23.2 Å². The first kappa shape index (κ1) is 16.9. The minimum absolute atomic E-state index is 0.506. The molecule has 0 aliphatic heterocycles. The fourth-order valence-corrected chi connectivity index (χ4v) is 2.79. The van der Waals surface area contributed by atoms with Crippen LogP contribution in [0.2, 0.25) is 0 Å². The first-order valence-corrected chi connectivity index (χ1v) is 7.24. The van der Waals surface area contributed by atoms with E-state index in [0.29, 0.717) is 16.9 Å². The molecule has 0 saturated heterocycles. The van der Waals surface area contributed by atoms with E-state index in [-0.39, 0.29) is 0 Å². The maximum atomic E-state index is 6.43. The second-order valence-corrected chi connectivity index (χ2v) is 5.77. The smallest absolute Gasteiger partial charge is 0.144 e. The number of benzene rings is 1. The van der Waals surface area contributed by atoms with Crippen molar-refractivity contribution in [3.8, 4) is 0 Å². The molecule has 0 atom stereocenters. The molecule has 0 aliphatic carbocycles. The van der Waals surface area contributed by atoms with Gasteiger partial charge in [-0.3, -0.25) is 0 Å². The lowest BCUT2D eigenvalue weighted by molar-refractivity contribution is 0.491. The van der Waals surface area contributed by atoms with Crippen LogP contribution in [0.1, 0.15) is 16.7 Å². The summed E-state index contributed by atoms with van der Waals surface area (Å²) in [6.45, 7) is 10.6. The van der Waals surface area contributed by atoms with E-state index in [4.69, 9.17) is 23.2 Å². The molecular weight excluding hydrogens is 291 g/mol. The summed E-state index contributed by atoms with van der Waals surface area (Å²) in [4.78, 5) is 3.78. The van der Waals surface area contributed by atoms with Gasteiger partial charge in [0.2, 0.25) is 0 Å². The van der Waals surface area contributed by atoms with Crippen LogP contribution in [-0.4, -0.2) is 25.5 Å². The summed E-state index contributed by atoms with van der Waals surface area (Å²) in [7, 11) is 3.81. The van der Waals surface area contributed by atoms with E-state index in [1.807, 2.05) is 23.9 Å². The Morgan fingerprint density at radius 1 is 1.10 bits per heavy atom. The van der Waals surface area contributed by atoms with Gasteiger partial charge in [0, 0.05) is 26.3 Å². The molecule has 1 aromatic carbocycles. The minimum Gasteiger partial charge on any atom is -0.359 e. The Balaban J connectivity index is 3.21. The monoisotopic (exact) mass is 312 g/mol. The predicted octanol–water partition coefficient (Wildman–Crippen LogP) is 4.77. The molecule has 0 radical (unpaired) electrons. The van der Waals surface area contributed by atoms with Crippen molar-refractivity contribution in [2.45, 2.75) is 20.8 Å². The van der Waals surface area contributed by atoms with Crippen LogP contribution in [0.4, 0.5) is 5.69 Å². The summed E-state index contributed by atoms with van der Waals surface area (Å²) in [6.07, 6.45) is 1.79. The molecular formula is C16H22Cl2N2. The second kappa shape index (κ2) is 7.05. The molecule has 1 aromatic rings. The van der Waals surface area contributed by atoms with Crippen LogP contribution in [0.25, 0.3) is 0 Å². The largest absolute Gasteiger partial charge is 0.359 e. The molecule has 0 spiro atoms. The van der Waals surface area contributed by atoms with Crippen LogP contribution < -0.4 is 4.90 Å². The zero-order valence-corrected chi connectivity index (χ0v) is 14.3. The third-order valence-corrected chi connectivity index (χ3v) is 4.17. The summed E-state index contributed by atoms with van der Waals surface area (Å²) in [5.74, 6) is 0. The zero-order valence-electron chi connectivity index (χ0n) is 12.8. The van der Waals surface area contributed by atoms with E-state index >= 15 is 0 Å². The highest BCUT2D eigenvalue weighted by Gasteiger charge is 2.16. The van der Waals surface area contributed by atoms with Crippen molar-refractivity contribution in [1.82, 2.24) is 4.90 Å². The molecule has 0 bridgehead atoms. The van der Waals surface area contributed by atoms with Crippen LogP contribution in [0.5, 0.6) is 0 Å². The molecule has 2 nitrogen and oxygen atoms in total. The van der Waals surface area contributed by atoms with Crippen LogP contribution in [0, 0.1) is 20.8 Å². The summed E-state index contributed by atoms with van der Waals surface area (Å²) in [5, 5.41) is 1.01. The number of anilines is 1. The first-order chi connectivity index (χ1) is 9.29. The molecule has 0 saturated carbocycles. The van der Waals surface area contributed by atoms with E-state index in [2.05, 4.69) is 39.5 Å². The van der Waals surface area contributed by atoms with Gasteiger partial charge >= 0.3 is 0 Å². The van der Waals surface area contributed by atoms with Gasteiger partial charge in [-0.15, -0.1) is 6.58 Å². The summed E-state index contributed by atoms with van der Waals surface area (Å²) >= 11 is 12.8. The average molecular weight is 313 g/mol. The van der Waals surface area contributed by atoms with E-state index in [9.17, 15) is 0 Å². The number of nitrogens with zero attached hydrogens (tertiary/aromatic N) is 2. The SMILES string of the molecule is C=CCN(C)/C(Cl)=C(/Cl)N(C)c1c(C)cc(C)cc1C. The second-order valence-electron chi connectivity index (χ2n) is 5.06. The van der Waals surface area contributed by atoms with Gasteiger partial charge in [0.25, 0.3) is 0 Å². The molecule has 0 unspecified atom stereocenters. The zero-order chi connectivity index (χ0) is 15.4. The van der Waals surface area contributed by atoms with Gasteiger partial charge < -0.3 is 9.80 Å². The number of halogens is 2. The molecule has 0 fully saturated rings. The summed E-state index contributed by atoms with van der Waals surface area (Å²) in [6, 6.07) is 4.29. The van der Waals surface area contributed by atoms with Crippen molar-refractivity contribution in [1.29, 1.82) is 0 Å². The maximum Gasteiger partial charge on any atom is 0.144 e. The van der Waals surface area contributed by atoms with E-state index in [1.54, 1.807) is 6.08 Å². The lowest BCUT2D eigenvalue weighted by Gasteiger charge is -2.26. The lowest BCUT2D eigenvalue weighted by atomic mass is 10.0. The van der Waals surface area contributed by atoms with Gasteiger partial charge in [-0.25, -0.2) is 0 Å². The number of likely N-dealkylation sites (N-methyl/N-ethyl adjacent to an activating group) is 1. The number of rotatable bonds is 5. The third kappa shape index (κ3) is 3.71. The fraction of sp³-hybridized carbons (Fsp3) is 0.375. The fourth-order valence-electron chi connectivity index (χ4n) is 2.37. The number of hydrogen-bond acceptors (Lipinski definition) is 2. The van der Waals surface area contributed by atoms with Gasteiger partial charge in [0.1, 0.15) is 10.3 Å². The maximum absolute atomic E-state index is 6.43. The Morgan fingerprint density at radius 2 is 1.60 bits per heavy atom. The molecule has 1 rings (SSSR count). The van der Waals surface area contributed by atoms with Crippen molar-refractivity contribution in [3.63, 3.8) is 0 Å². The molecule has 0 N–H and O–H groups in total. The highest BCUT2D eigenvalue weighted by Crippen LogP contribution is 2.31. The first-order valence-electron chi connectivity index (χ1n) is 6.48. The normalized spacial score (nSPS) is 11.9. The van der Waals surface area contributed by atoms with Crippen molar-refractivity contribution in [2.75, 3.05) is 25.5 Å². The number of hydrogen-bond donors (Lipinski definition) is 0. The Morgan fingerprint density at radius 3 is 2.05 bits per heavy atom. The third-order valence-electron chi connectivity index (χ3n) is 3.17. The molecule has 0 aliphatic rings. The average Bonchev–Trinajstić information content (AvgIpc) is 2.35. The standard InChI is InChI=1S/C16H22Cl2N2/c1-7-8-19(5)15(17)16(18)20(6)14-12(3)9-11(2)10-13(14)4/h7,9-10H,1,8H2,2-6H3/b16-15-. The van der Waals surface area contributed by atoms with E-state index in [0.717, 1.165) is 5.69 Å². The Hall–Kier alpha value is -1.12. The van der Waals surface area contributed by atoms with Crippen LogP contribution in [0.3, 0.4) is 0 Å². The van der Waals surface area contributed by atoms with E-state index in [1.165, 1.54) is 16.7 Å². The highest BCUT2D eigenvalue weighted by atomic mass is 35.5. The van der Waals surface area contributed by atoms with Gasteiger partial charge in [-0.05, 0) is 31.9 Å².